The highest BCUT2D eigenvalue weighted by Gasteiger charge is 2.26. The number of aliphatic hydroxyl groups is 1. The van der Waals surface area contributed by atoms with Crippen LogP contribution in [-0.2, 0) is 11.2 Å². The number of halogens is 3. The van der Waals surface area contributed by atoms with Crippen molar-refractivity contribution in [2.24, 2.45) is 0 Å². The largest absolute Gasteiger partial charge is 0.389 e. The van der Waals surface area contributed by atoms with E-state index in [2.05, 4.69) is 0 Å². The summed E-state index contributed by atoms with van der Waals surface area (Å²) in [6, 6.07) is 7.49. The zero-order chi connectivity index (χ0) is 15.2. The first-order chi connectivity index (χ1) is 9.33. The lowest BCUT2D eigenvalue weighted by Crippen LogP contribution is -2.20. The molecule has 0 aromatic heterocycles. The van der Waals surface area contributed by atoms with Crippen LogP contribution in [0.25, 0.3) is 0 Å². The normalized spacial score (nSPS) is 15.1. The highest BCUT2D eigenvalue weighted by molar-refractivity contribution is 5.24. The van der Waals surface area contributed by atoms with E-state index in [1.807, 2.05) is 31.2 Å². The van der Waals surface area contributed by atoms with E-state index in [0.29, 0.717) is 5.56 Å². The van der Waals surface area contributed by atoms with Gasteiger partial charge in [-0.05, 0) is 30.9 Å². The molecule has 2 nitrogen and oxygen atoms in total. The van der Waals surface area contributed by atoms with Crippen molar-refractivity contribution in [1.82, 2.24) is 0 Å². The highest BCUT2D eigenvalue weighted by Crippen LogP contribution is 2.23. The fraction of sp³-hybridized carbons (Fsp3) is 0.600. The quantitative estimate of drug-likeness (QED) is 0.768. The molecule has 2 atom stereocenters. The lowest BCUT2D eigenvalue weighted by molar-refractivity contribution is -0.140. The minimum atomic E-state index is -4.15. The number of hydrogen-bond donors (Lipinski definition) is 1. The number of benzene rings is 1. The summed E-state index contributed by atoms with van der Waals surface area (Å²) in [4.78, 5) is 0. The van der Waals surface area contributed by atoms with Crippen molar-refractivity contribution in [1.29, 1.82) is 0 Å². The zero-order valence-corrected chi connectivity index (χ0v) is 11.8. The third-order valence-electron chi connectivity index (χ3n) is 3.16. The van der Waals surface area contributed by atoms with E-state index in [1.165, 1.54) is 5.56 Å². The van der Waals surface area contributed by atoms with Crippen molar-refractivity contribution in [3.8, 4) is 0 Å². The van der Waals surface area contributed by atoms with Crippen LogP contribution in [0.5, 0.6) is 0 Å². The highest BCUT2D eigenvalue weighted by atomic mass is 19.4. The number of alkyl halides is 3. The van der Waals surface area contributed by atoms with Crippen LogP contribution in [0.1, 0.15) is 43.9 Å². The second-order valence-corrected chi connectivity index (χ2v) is 4.83. The van der Waals surface area contributed by atoms with E-state index in [9.17, 15) is 18.3 Å². The van der Waals surface area contributed by atoms with E-state index in [-0.39, 0.29) is 13.0 Å². The third-order valence-corrected chi connectivity index (χ3v) is 3.16. The SMILES string of the molecule is CCc1ccc(C(O)C(C)OCCCC(F)(F)F)cc1. The summed E-state index contributed by atoms with van der Waals surface area (Å²) < 4.78 is 41.2. The van der Waals surface area contributed by atoms with Crippen LogP contribution < -0.4 is 0 Å². The molecule has 0 aliphatic heterocycles. The van der Waals surface area contributed by atoms with Gasteiger partial charge in [0.1, 0.15) is 6.10 Å². The maximum atomic E-state index is 12.0. The Morgan fingerprint density at radius 3 is 2.30 bits per heavy atom. The summed E-state index contributed by atoms with van der Waals surface area (Å²) in [6.07, 6.45) is -5.54. The predicted molar refractivity (Wildman–Crippen MR) is 71.5 cm³/mol. The van der Waals surface area contributed by atoms with E-state index < -0.39 is 24.8 Å². The zero-order valence-electron chi connectivity index (χ0n) is 11.8. The minimum Gasteiger partial charge on any atom is -0.386 e. The van der Waals surface area contributed by atoms with Gasteiger partial charge in [-0.25, -0.2) is 0 Å². The maximum Gasteiger partial charge on any atom is 0.389 e. The van der Waals surface area contributed by atoms with Gasteiger partial charge in [-0.15, -0.1) is 0 Å². The summed E-state index contributed by atoms with van der Waals surface area (Å²) in [7, 11) is 0. The molecule has 0 bridgehead atoms. The van der Waals surface area contributed by atoms with Crippen molar-refractivity contribution < 1.29 is 23.0 Å². The van der Waals surface area contributed by atoms with Gasteiger partial charge in [-0.2, -0.15) is 13.2 Å². The molecule has 5 heteroatoms. The van der Waals surface area contributed by atoms with Gasteiger partial charge in [0.25, 0.3) is 0 Å². The molecule has 0 amide bonds. The molecule has 0 radical (unpaired) electrons. The first-order valence-electron chi connectivity index (χ1n) is 6.78. The molecule has 1 aromatic carbocycles. The fourth-order valence-corrected chi connectivity index (χ4v) is 1.85. The van der Waals surface area contributed by atoms with E-state index in [1.54, 1.807) is 6.92 Å². The number of aliphatic hydroxyl groups excluding tert-OH is 1. The molecule has 2 unspecified atom stereocenters. The van der Waals surface area contributed by atoms with Crippen LogP contribution in [0.3, 0.4) is 0 Å². The molecule has 1 aromatic rings. The second-order valence-electron chi connectivity index (χ2n) is 4.83. The molecule has 0 fully saturated rings. The Morgan fingerprint density at radius 1 is 1.20 bits per heavy atom. The van der Waals surface area contributed by atoms with Crippen LogP contribution in [0, 0.1) is 0 Å². The van der Waals surface area contributed by atoms with E-state index in [0.717, 1.165) is 6.42 Å². The van der Waals surface area contributed by atoms with Gasteiger partial charge < -0.3 is 9.84 Å². The average molecular weight is 290 g/mol. The summed E-state index contributed by atoms with van der Waals surface area (Å²) in [6.45, 7) is 3.69. The fourth-order valence-electron chi connectivity index (χ4n) is 1.85. The van der Waals surface area contributed by atoms with Crippen molar-refractivity contribution in [3.63, 3.8) is 0 Å². The minimum absolute atomic E-state index is 0.00915. The summed E-state index contributed by atoms with van der Waals surface area (Å²) >= 11 is 0. The smallest absolute Gasteiger partial charge is 0.386 e. The Balaban J connectivity index is 2.39. The van der Waals surface area contributed by atoms with Gasteiger partial charge in [0.2, 0.25) is 0 Å². The Bertz CT molecular complexity index is 387. The van der Waals surface area contributed by atoms with Gasteiger partial charge in [0.15, 0.2) is 0 Å². The van der Waals surface area contributed by atoms with Crippen LogP contribution in [0.4, 0.5) is 13.2 Å². The van der Waals surface area contributed by atoms with Crippen LogP contribution in [0.2, 0.25) is 0 Å². The monoisotopic (exact) mass is 290 g/mol. The van der Waals surface area contributed by atoms with Gasteiger partial charge >= 0.3 is 6.18 Å². The molecular weight excluding hydrogens is 269 g/mol. The van der Waals surface area contributed by atoms with Gasteiger partial charge in [0.05, 0.1) is 6.10 Å². The number of rotatable bonds is 7. The lowest BCUT2D eigenvalue weighted by Gasteiger charge is -2.20. The second kappa shape index (κ2) is 7.64. The Kier molecular flexibility index (Phi) is 6.49. The van der Waals surface area contributed by atoms with Crippen molar-refractivity contribution in [2.75, 3.05) is 6.61 Å². The molecule has 0 spiro atoms. The third kappa shape index (κ3) is 5.92. The Hall–Kier alpha value is -1.07. The van der Waals surface area contributed by atoms with E-state index >= 15 is 0 Å². The predicted octanol–water partition coefficient (Wildman–Crippen LogP) is 4.03. The number of ether oxygens (including phenoxy) is 1. The van der Waals surface area contributed by atoms with Crippen molar-refractivity contribution in [2.45, 2.75) is 51.5 Å². The summed E-state index contributed by atoms with van der Waals surface area (Å²) in [5.41, 5.74) is 1.88. The molecule has 0 aliphatic carbocycles. The maximum absolute atomic E-state index is 12.0. The topological polar surface area (TPSA) is 29.5 Å². The van der Waals surface area contributed by atoms with Crippen LogP contribution in [0.15, 0.2) is 24.3 Å². The van der Waals surface area contributed by atoms with Gasteiger partial charge in [0, 0.05) is 13.0 Å². The van der Waals surface area contributed by atoms with Crippen LogP contribution >= 0.6 is 0 Å². The van der Waals surface area contributed by atoms with Crippen molar-refractivity contribution in [3.05, 3.63) is 35.4 Å². The molecule has 114 valence electrons. The summed E-state index contributed by atoms with van der Waals surface area (Å²) in [5.74, 6) is 0. The number of hydrogen-bond acceptors (Lipinski definition) is 2. The molecular formula is C15H21F3O2. The van der Waals surface area contributed by atoms with Crippen LogP contribution in [-0.4, -0.2) is 24.0 Å². The lowest BCUT2D eigenvalue weighted by atomic mass is 10.0. The number of aryl methyl sites for hydroxylation is 1. The Morgan fingerprint density at radius 2 is 1.80 bits per heavy atom. The van der Waals surface area contributed by atoms with E-state index in [4.69, 9.17) is 4.74 Å². The van der Waals surface area contributed by atoms with Crippen molar-refractivity contribution >= 4 is 0 Å². The standard InChI is InChI=1S/C15H21F3O2/c1-3-12-5-7-13(8-6-12)14(19)11(2)20-10-4-9-15(16,17)18/h5-8,11,14,19H,3-4,9-10H2,1-2H3. The Labute approximate surface area is 117 Å². The molecule has 1 rings (SSSR count). The first kappa shape index (κ1) is 17.0. The average Bonchev–Trinajstić information content (AvgIpc) is 2.41. The molecule has 0 aliphatic rings. The molecule has 0 saturated carbocycles. The van der Waals surface area contributed by atoms with Gasteiger partial charge in [-0.1, -0.05) is 31.2 Å². The summed E-state index contributed by atoms with van der Waals surface area (Å²) in [5, 5.41) is 10.1. The van der Waals surface area contributed by atoms with Gasteiger partial charge in [-0.3, -0.25) is 0 Å². The molecule has 1 N–H and O–H groups in total. The molecule has 20 heavy (non-hydrogen) atoms. The first-order valence-corrected chi connectivity index (χ1v) is 6.78. The molecule has 0 saturated heterocycles. The molecule has 0 heterocycles.